The van der Waals surface area contributed by atoms with Gasteiger partial charge in [-0.1, -0.05) is 0 Å². The average Bonchev–Trinajstić information content (AvgIpc) is 2.55. The van der Waals surface area contributed by atoms with Gasteiger partial charge in [0.05, 0.1) is 5.52 Å². The van der Waals surface area contributed by atoms with Crippen molar-refractivity contribution in [1.29, 1.82) is 0 Å². The minimum atomic E-state index is -4.21. The number of rotatable bonds is 2. The molecule has 0 aliphatic rings. The lowest BCUT2D eigenvalue weighted by Crippen LogP contribution is -1.95. The maximum absolute atomic E-state index is 13.0. The van der Waals surface area contributed by atoms with Gasteiger partial charge in [-0.05, 0) is 18.2 Å². The van der Waals surface area contributed by atoms with Gasteiger partial charge in [-0.2, -0.15) is 8.78 Å². The van der Waals surface area contributed by atoms with E-state index in [1.54, 1.807) is 0 Å². The van der Waals surface area contributed by atoms with Gasteiger partial charge in [0.1, 0.15) is 10.7 Å². The standard InChI is InChI=1S/C9H5ClF3NO2S/c10-17(15,16)8-4-14(9(12)13)7-2-1-5(11)3-6(7)8/h1-4,9H. The molecule has 1 aromatic carbocycles. The van der Waals surface area contributed by atoms with Gasteiger partial charge in [0.2, 0.25) is 0 Å². The molecule has 0 saturated carbocycles. The zero-order valence-electron chi connectivity index (χ0n) is 8.07. The number of halogens is 4. The summed E-state index contributed by atoms with van der Waals surface area (Å²) in [4.78, 5) is -0.533. The van der Waals surface area contributed by atoms with Crippen LogP contribution in [0.3, 0.4) is 0 Å². The van der Waals surface area contributed by atoms with Gasteiger partial charge in [0.15, 0.2) is 0 Å². The number of hydrogen-bond acceptors (Lipinski definition) is 2. The molecule has 8 heteroatoms. The maximum atomic E-state index is 13.0. The first-order chi connectivity index (χ1) is 7.80. The van der Waals surface area contributed by atoms with Crippen molar-refractivity contribution < 1.29 is 21.6 Å². The number of benzene rings is 1. The highest BCUT2D eigenvalue weighted by atomic mass is 35.7. The Kier molecular flexibility index (Phi) is 2.82. The van der Waals surface area contributed by atoms with E-state index in [9.17, 15) is 21.6 Å². The fourth-order valence-corrected chi connectivity index (χ4v) is 2.59. The van der Waals surface area contributed by atoms with Crippen LogP contribution in [-0.2, 0) is 9.05 Å². The number of aromatic nitrogens is 1. The topological polar surface area (TPSA) is 39.1 Å². The fourth-order valence-electron chi connectivity index (χ4n) is 1.55. The Labute approximate surface area is 98.8 Å². The Balaban J connectivity index is 2.90. The summed E-state index contributed by atoms with van der Waals surface area (Å²) in [5.74, 6) is -0.730. The zero-order chi connectivity index (χ0) is 12.8. The van der Waals surface area contributed by atoms with Crippen LogP contribution in [0.4, 0.5) is 13.2 Å². The first-order valence-electron chi connectivity index (χ1n) is 4.33. The Bertz CT molecular complexity index is 681. The molecule has 0 radical (unpaired) electrons. The second-order valence-electron chi connectivity index (χ2n) is 3.28. The van der Waals surface area contributed by atoms with E-state index >= 15 is 0 Å². The summed E-state index contributed by atoms with van der Waals surface area (Å²) in [6, 6.07) is 2.89. The van der Waals surface area contributed by atoms with Crippen molar-refractivity contribution in [3.8, 4) is 0 Å². The van der Waals surface area contributed by atoms with E-state index in [0.717, 1.165) is 18.2 Å². The average molecular weight is 284 g/mol. The molecule has 0 aliphatic carbocycles. The molecule has 0 spiro atoms. The third kappa shape index (κ3) is 2.12. The highest BCUT2D eigenvalue weighted by molar-refractivity contribution is 8.14. The van der Waals surface area contributed by atoms with E-state index in [-0.39, 0.29) is 10.9 Å². The van der Waals surface area contributed by atoms with Gasteiger partial charge in [-0.25, -0.2) is 12.8 Å². The zero-order valence-corrected chi connectivity index (χ0v) is 9.64. The van der Waals surface area contributed by atoms with Crippen LogP contribution in [0.1, 0.15) is 6.55 Å². The maximum Gasteiger partial charge on any atom is 0.319 e. The van der Waals surface area contributed by atoms with Gasteiger partial charge in [-0.3, -0.25) is 4.57 Å². The van der Waals surface area contributed by atoms with Crippen molar-refractivity contribution in [3.05, 3.63) is 30.2 Å². The molecule has 0 N–H and O–H groups in total. The van der Waals surface area contributed by atoms with Crippen LogP contribution < -0.4 is 0 Å². The molecule has 1 heterocycles. The van der Waals surface area contributed by atoms with Crippen LogP contribution in [0.5, 0.6) is 0 Å². The molecule has 3 nitrogen and oxygen atoms in total. The Morgan fingerprint density at radius 3 is 2.47 bits per heavy atom. The first kappa shape index (κ1) is 12.3. The van der Waals surface area contributed by atoms with Crippen molar-refractivity contribution in [1.82, 2.24) is 4.57 Å². The molecule has 0 bridgehead atoms. The van der Waals surface area contributed by atoms with Crippen molar-refractivity contribution in [3.63, 3.8) is 0 Å². The van der Waals surface area contributed by atoms with Crippen LogP contribution in [0.15, 0.2) is 29.3 Å². The second kappa shape index (κ2) is 3.92. The van der Waals surface area contributed by atoms with Crippen molar-refractivity contribution in [2.45, 2.75) is 11.4 Å². The van der Waals surface area contributed by atoms with Crippen molar-refractivity contribution in [2.24, 2.45) is 0 Å². The smallest absolute Gasteiger partial charge is 0.290 e. The van der Waals surface area contributed by atoms with Crippen LogP contribution in [-0.4, -0.2) is 13.0 Å². The molecule has 0 fully saturated rings. The predicted octanol–water partition coefficient (Wildman–Crippen LogP) is 3.10. The lowest BCUT2D eigenvalue weighted by atomic mass is 10.2. The second-order valence-corrected chi connectivity index (χ2v) is 5.81. The number of hydrogen-bond donors (Lipinski definition) is 0. The summed E-state index contributed by atoms with van der Waals surface area (Å²) in [5, 5.41) is -0.166. The summed E-state index contributed by atoms with van der Waals surface area (Å²) < 4.78 is 61.0. The lowest BCUT2D eigenvalue weighted by Gasteiger charge is -2.01. The van der Waals surface area contributed by atoms with Crippen LogP contribution >= 0.6 is 10.7 Å². The Morgan fingerprint density at radius 1 is 1.29 bits per heavy atom. The first-order valence-corrected chi connectivity index (χ1v) is 6.64. The van der Waals surface area contributed by atoms with Crippen LogP contribution in [0.2, 0.25) is 0 Å². The molecule has 0 saturated heterocycles. The quantitative estimate of drug-likeness (QED) is 0.795. The predicted molar refractivity (Wildman–Crippen MR) is 56.2 cm³/mol. The normalized spacial score (nSPS) is 12.5. The number of alkyl halides is 2. The minimum Gasteiger partial charge on any atom is -0.290 e. The van der Waals surface area contributed by atoms with Crippen molar-refractivity contribution in [2.75, 3.05) is 0 Å². The van der Waals surface area contributed by atoms with Gasteiger partial charge >= 0.3 is 6.55 Å². The third-order valence-corrected chi connectivity index (χ3v) is 3.58. The molecule has 1 aromatic heterocycles. The molecule has 92 valence electrons. The summed E-state index contributed by atoms with van der Waals surface area (Å²) in [5.41, 5.74) is -0.0966. The number of fused-ring (bicyclic) bond motifs is 1. The summed E-state index contributed by atoms with van der Waals surface area (Å²) in [6.07, 6.45) is 0.692. The Morgan fingerprint density at radius 2 is 1.94 bits per heavy atom. The minimum absolute atomic E-state index is 0.0966. The summed E-state index contributed by atoms with van der Waals surface area (Å²) in [6.45, 7) is -2.94. The van der Waals surface area contributed by atoms with E-state index in [2.05, 4.69) is 0 Å². The third-order valence-electron chi connectivity index (χ3n) is 2.23. The van der Waals surface area contributed by atoms with E-state index in [1.807, 2.05) is 0 Å². The summed E-state index contributed by atoms with van der Waals surface area (Å²) >= 11 is 0. The van der Waals surface area contributed by atoms with Crippen LogP contribution in [0, 0.1) is 5.82 Å². The fraction of sp³-hybridized carbons (Fsp3) is 0.111. The molecule has 0 amide bonds. The van der Waals surface area contributed by atoms with E-state index in [4.69, 9.17) is 10.7 Å². The Hall–Kier alpha value is -1.21. The van der Waals surface area contributed by atoms with E-state index < -0.39 is 26.3 Å². The monoisotopic (exact) mass is 283 g/mol. The lowest BCUT2D eigenvalue weighted by molar-refractivity contribution is 0.0748. The largest absolute Gasteiger partial charge is 0.319 e. The number of nitrogens with zero attached hydrogens (tertiary/aromatic N) is 1. The molecular formula is C9H5ClF3NO2S. The molecule has 0 unspecified atom stereocenters. The van der Waals surface area contributed by atoms with Crippen molar-refractivity contribution >= 4 is 30.6 Å². The summed E-state index contributed by atoms with van der Waals surface area (Å²) in [7, 11) is 0.892. The van der Waals surface area contributed by atoms with Gasteiger partial charge in [0.25, 0.3) is 9.05 Å². The molecular weight excluding hydrogens is 279 g/mol. The highest BCUT2D eigenvalue weighted by Crippen LogP contribution is 2.31. The molecule has 17 heavy (non-hydrogen) atoms. The van der Waals surface area contributed by atoms with Crippen LogP contribution in [0.25, 0.3) is 10.9 Å². The molecule has 0 atom stereocenters. The molecule has 2 aromatic rings. The van der Waals surface area contributed by atoms with Gasteiger partial charge in [0, 0.05) is 22.3 Å². The molecule has 0 aliphatic heterocycles. The SMILES string of the molecule is O=S(=O)(Cl)c1cn(C(F)F)c2ccc(F)cc12. The van der Waals surface area contributed by atoms with Gasteiger partial charge in [-0.15, -0.1) is 0 Å². The van der Waals surface area contributed by atoms with E-state index in [0.29, 0.717) is 10.8 Å². The molecule has 2 rings (SSSR count). The highest BCUT2D eigenvalue weighted by Gasteiger charge is 2.22. The van der Waals surface area contributed by atoms with E-state index in [1.165, 1.54) is 0 Å². The van der Waals surface area contributed by atoms with Gasteiger partial charge < -0.3 is 0 Å².